The first kappa shape index (κ1) is 12.0. The summed E-state index contributed by atoms with van der Waals surface area (Å²) in [6, 6.07) is 10.1. The lowest BCUT2D eigenvalue weighted by Gasteiger charge is -2.11. The molecule has 1 aromatic heterocycles. The van der Waals surface area contributed by atoms with Crippen molar-refractivity contribution in [3.63, 3.8) is 0 Å². The Morgan fingerprint density at radius 2 is 2.05 bits per heavy atom. The van der Waals surface area contributed by atoms with Crippen LogP contribution < -0.4 is 5.73 Å². The van der Waals surface area contributed by atoms with E-state index in [0.717, 1.165) is 5.56 Å². The fourth-order valence-corrected chi connectivity index (χ4v) is 2.37. The van der Waals surface area contributed by atoms with Crippen LogP contribution >= 0.6 is 11.6 Å². The molecule has 3 rings (SSSR count). The van der Waals surface area contributed by atoms with Crippen molar-refractivity contribution in [2.75, 3.05) is 5.73 Å². The van der Waals surface area contributed by atoms with Gasteiger partial charge in [0.25, 0.3) is 0 Å². The van der Waals surface area contributed by atoms with E-state index in [1.807, 2.05) is 13.0 Å². The predicted molar refractivity (Wildman–Crippen MR) is 75.2 cm³/mol. The maximum atomic E-state index is 14.1. The highest BCUT2D eigenvalue weighted by Crippen LogP contribution is 2.28. The molecule has 3 aromatic rings. The standard InChI is InChI=1S/C14H11ClFN3/c1-8-3-2-4-10(16)13(8)19-12-7-9(15)5-6-11(12)18-14(19)17/h2-7H,1H3,(H2,17,18). The van der Waals surface area contributed by atoms with E-state index in [-0.39, 0.29) is 11.8 Å². The van der Waals surface area contributed by atoms with Crippen LogP contribution in [0.25, 0.3) is 16.7 Å². The first-order chi connectivity index (χ1) is 9.08. The molecule has 0 unspecified atom stereocenters. The molecule has 2 aromatic carbocycles. The molecule has 5 heteroatoms. The number of aromatic nitrogens is 2. The van der Waals surface area contributed by atoms with Crippen molar-refractivity contribution < 1.29 is 4.39 Å². The summed E-state index contributed by atoms with van der Waals surface area (Å²) in [5.74, 6) is -0.101. The summed E-state index contributed by atoms with van der Waals surface area (Å²) in [6.45, 7) is 1.83. The minimum absolute atomic E-state index is 0.241. The lowest BCUT2D eigenvalue weighted by Crippen LogP contribution is -2.05. The van der Waals surface area contributed by atoms with Crippen molar-refractivity contribution in [2.24, 2.45) is 0 Å². The van der Waals surface area contributed by atoms with Gasteiger partial charge in [0.15, 0.2) is 0 Å². The molecule has 0 aliphatic carbocycles. The van der Waals surface area contributed by atoms with Gasteiger partial charge in [0, 0.05) is 5.02 Å². The molecule has 0 saturated heterocycles. The molecule has 0 bridgehead atoms. The highest BCUT2D eigenvalue weighted by atomic mass is 35.5. The van der Waals surface area contributed by atoms with Crippen molar-refractivity contribution in [1.29, 1.82) is 0 Å². The molecule has 0 aliphatic heterocycles. The smallest absolute Gasteiger partial charge is 0.206 e. The molecule has 0 radical (unpaired) electrons. The molecule has 19 heavy (non-hydrogen) atoms. The van der Waals surface area contributed by atoms with E-state index in [1.165, 1.54) is 6.07 Å². The Hall–Kier alpha value is -2.07. The van der Waals surface area contributed by atoms with Crippen molar-refractivity contribution in [3.8, 4) is 5.69 Å². The normalized spacial score (nSPS) is 11.1. The molecular formula is C14H11ClFN3. The molecular weight excluding hydrogens is 265 g/mol. The fraction of sp³-hybridized carbons (Fsp3) is 0.0714. The Morgan fingerprint density at radius 3 is 2.79 bits per heavy atom. The number of rotatable bonds is 1. The van der Waals surface area contributed by atoms with Gasteiger partial charge in [0.2, 0.25) is 5.95 Å². The van der Waals surface area contributed by atoms with Crippen LogP contribution in [0.5, 0.6) is 0 Å². The summed E-state index contributed by atoms with van der Waals surface area (Å²) >= 11 is 5.99. The van der Waals surface area contributed by atoms with Gasteiger partial charge in [0.1, 0.15) is 5.82 Å². The maximum Gasteiger partial charge on any atom is 0.206 e. The van der Waals surface area contributed by atoms with Gasteiger partial charge >= 0.3 is 0 Å². The van der Waals surface area contributed by atoms with Crippen LogP contribution in [0.4, 0.5) is 10.3 Å². The van der Waals surface area contributed by atoms with E-state index in [4.69, 9.17) is 17.3 Å². The number of nitrogen functional groups attached to an aromatic ring is 1. The SMILES string of the molecule is Cc1cccc(F)c1-n1c(N)nc2ccc(Cl)cc21. The van der Waals surface area contributed by atoms with Gasteiger partial charge in [-0.1, -0.05) is 23.7 Å². The molecule has 1 heterocycles. The minimum atomic E-state index is -0.342. The number of aryl methyl sites for hydroxylation is 1. The lowest BCUT2D eigenvalue weighted by molar-refractivity contribution is 0.618. The van der Waals surface area contributed by atoms with Crippen molar-refractivity contribution in [1.82, 2.24) is 9.55 Å². The van der Waals surface area contributed by atoms with Crippen LogP contribution in [0, 0.1) is 12.7 Å². The number of hydrogen-bond donors (Lipinski definition) is 1. The highest BCUT2D eigenvalue weighted by molar-refractivity contribution is 6.31. The maximum absolute atomic E-state index is 14.1. The monoisotopic (exact) mass is 275 g/mol. The third-order valence-corrected chi connectivity index (χ3v) is 3.29. The number of fused-ring (bicyclic) bond motifs is 1. The van der Waals surface area contributed by atoms with Crippen LogP contribution in [0.2, 0.25) is 5.02 Å². The fourth-order valence-electron chi connectivity index (χ4n) is 2.21. The molecule has 0 aliphatic rings. The summed E-state index contributed by atoms with van der Waals surface area (Å²) in [7, 11) is 0. The topological polar surface area (TPSA) is 43.8 Å². The van der Waals surface area contributed by atoms with E-state index >= 15 is 0 Å². The summed E-state index contributed by atoms with van der Waals surface area (Å²) in [4.78, 5) is 4.23. The van der Waals surface area contributed by atoms with Crippen molar-refractivity contribution in [3.05, 3.63) is 52.8 Å². The summed E-state index contributed by atoms with van der Waals surface area (Å²) in [5.41, 5.74) is 8.48. The molecule has 96 valence electrons. The number of imidazole rings is 1. The average Bonchev–Trinajstić information content (AvgIpc) is 2.66. The molecule has 0 saturated carbocycles. The van der Waals surface area contributed by atoms with Gasteiger partial charge < -0.3 is 5.73 Å². The molecule has 0 fully saturated rings. The van der Waals surface area contributed by atoms with Gasteiger partial charge in [-0.3, -0.25) is 4.57 Å². The van der Waals surface area contributed by atoms with Crippen molar-refractivity contribution in [2.45, 2.75) is 6.92 Å². The van der Waals surface area contributed by atoms with Crippen molar-refractivity contribution >= 4 is 28.6 Å². The molecule has 2 N–H and O–H groups in total. The van der Waals surface area contributed by atoms with Gasteiger partial charge in [-0.25, -0.2) is 9.37 Å². The van der Waals surface area contributed by atoms with Crippen LogP contribution in [0.15, 0.2) is 36.4 Å². The number of anilines is 1. The van der Waals surface area contributed by atoms with E-state index < -0.39 is 0 Å². The lowest BCUT2D eigenvalue weighted by atomic mass is 10.2. The summed E-state index contributed by atoms with van der Waals surface area (Å²) < 4.78 is 15.7. The zero-order chi connectivity index (χ0) is 13.6. The first-order valence-corrected chi connectivity index (χ1v) is 6.14. The largest absolute Gasteiger partial charge is 0.369 e. The molecule has 0 amide bonds. The number of halogens is 2. The zero-order valence-electron chi connectivity index (χ0n) is 10.2. The van der Waals surface area contributed by atoms with Crippen LogP contribution in [-0.2, 0) is 0 Å². The first-order valence-electron chi connectivity index (χ1n) is 5.77. The Balaban J connectivity index is 2.42. The second-order valence-corrected chi connectivity index (χ2v) is 4.78. The Morgan fingerprint density at radius 1 is 1.26 bits per heavy atom. The Labute approximate surface area is 114 Å². The van der Waals surface area contributed by atoms with Gasteiger partial charge in [-0.2, -0.15) is 0 Å². The number of nitrogens with zero attached hydrogens (tertiary/aromatic N) is 2. The van der Waals surface area contributed by atoms with E-state index in [9.17, 15) is 4.39 Å². The average molecular weight is 276 g/mol. The number of para-hydroxylation sites is 1. The van der Waals surface area contributed by atoms with Gasteiger partial charge in [0.05, 0.1) is 16.7 Å². The van der Waals surface area contributed by atoms with E-state index in [2.05, 4.69) is 4.98 Å². The van der Waals surface area contributed by atoms with Crippen LogP contribution in [-0.4, -0.2) is 9.55 Å². The second kappa shape index (κ2) is 4.24. The quantitative estimate of drug-likeness (QED) is 0.736. The second-order valence-electron chi connectivity index (χ2n) is 4.34. The number of benzene rings is 2. The Bertz CT molecular complexity index is 759. The molecule has 0 atom stereocenters. The van der Waals surface area contributed by atoms with E-state index in [0.29, 0.717) is 21.7 Å². The van der Waals surface area contributed by atoms with Gasteiger partial charge in [-0.05, 0) is 36.8 Å². The number of hydrogen-bond acceptors (Lipinski definition) is 2. The Kier molecular flexibility index (Phi) is 2.68. The minimum Gasteiger partial charge on any atom is -0.369 e. The van der Waals surface area contributed by atoms with Gasteiger partial charge in [-0.15, -0.1) is 0 Å². The third kappa shape index (κ3) is 1.85. The number of nitrogens with two attached hydrogens (primary N) is 1. The summed E-state index contributed by atoms with van der Waals surface area (Å²) in [6.07, 6.45) is 0. The third-order valence-electron chi connectivity index (χ3n) is 3.05. The van der Waals surface area contributed by atoms with E-state index in [1.54, 1.807) is 28.8 Å². The summed E-state index contributed by atoms with van der Waals surface area (Å²) in [5, 5.41) is 0.558. The zero-order valence-corrected chi connectivity index (χ0v) is 10.9. The van der Waals surface area contributed by atoms with Crippen LogP contribution in [0.3, 0.4) is 0 Å². The molecule has 0 spiro atoms. The highest BCUT2D eigenvalue weighted by Gasteiger charge is 2.15. The molecule has 3 nitrogen and oxygen atoms in total. The predicted octanol–water partition coefficient (Wildman–Crippen LogP) is 3.71. The van der Waals surface area contributed by atoms with Crippen LogP contribution in [0.1, 0.15) is 5.56 Å².